The SMILES string of the molecule is N#Cc1cc2c(nc1SC1CC(=O)N(c3ccc(S(N)(=O)=O)cc3)C1=O)CCC2. The summed E-state index contributed by atoms with van der Waals surface area (Å²) < 4.78 is 22.8. The maximum atomic E-state index is 12.9. The van der Waals surface area contributed by atoms with Gasteiger partial charge in [-0.15, -0.1) is 0 Å². The summed E-state index contributed by atoms with van der Waals surface area (Å²) >= 11 is 1.12. The Morgan fingerprint density at radius 1 is 1.21 bits per heavy atom. The number of pyridine rings is 1. The molecule has 1 saturated heterocycles. The standard InChI is InChI=1S/C19H16N4O4S2/c20-10-12-8-11-2-1-3-15(11)22-18(12)28-16-9-17(24)23(19(16)25)13-4-6-14(7-5-13)29(21,26)27/h4-8,16H,1-3,9H2,(H2,21,26,27). The van der Waals surface area contributed by atoms with Crippen LogP contribution in [-0.2, 0) is 32.5 Å². The number of hydrogen-bond acceptors (Lipinski definition) is 7. The number of anilines is 1. The molecule has 148 valence electrons. The number of primary sulfonamides is 1. The number of benzene rings is 1. The highest BCUT2D eigenvalue weighted by Crippen LogP contribution is 2.36. The molecule has 1 aliphatic carbocycles. The van der Waals surface area contributed by atoms with Crippen molar-refractivity contribution >= 4 is 39.3 Å². The molecule has 1 fully saturated rings. The minimum absolute atomic E-state index is 0.0237. The Kier molecular flexibility index (Phi) is 4.90. The number of imide groups is 1. The molecular formula is C19H16N4O4S2. The summed E-state index contributed by atoms with van der Waals surface area (Å²) in [6, 6.07) is 9.20. The Balaban J connectivity index is 1.59. The third-order valence-electron chi connectivity index (χ3n) is 4.92. The normalized spacial score (nSPS) is 18.8. The lowest BCUT2D eigenvalue weighted by Gasteiger charge is -2.15. The van der Waals surface area contributed by atoms with Gasteiger partial charge in [-0.05, 0) is 55.2 Å². The molecule has 2 aromatic rings. The van der Waals surface area contributed by atoms with E-state index < -0.39 is 27.1 Å². The molecule has 0 spiro atoms. The molecule has 29 heavy (non-hydrogen) atoms. The summed E-state index contributed by atoms with van der Waals surface area (Å²) in [4.78, 5) is 30.8. The number of rotatable bonds is 4. The number of nitrogens with zero attached hydrogens (tertiary/aromatic N) is 3. The minimum Gasteiger partial charge on any atom is -0.274 e. The highest BCUT2D eigenvalue weighted by molar-refractivity contribution is 8.00. The molecule has 0 radical (unpaired) electrons. The van der Waals surface area contributed by atoms with E-state index in [-0.39, 0.29) is 17.0 Å². The van der Waals surface area contributed by atoms with Crippen LogP contribution >= 0.6 is 11.8 Å². The van der Waals surface area contributed by atoms with E-state index in [0.29, 0.717) is 10.6 Å². The minimum atomic E-state index is -3.87. The van der Waals surface area contributed by atoms with Crippen LogP contribution in [0.1, 0.15) is 29.7 Å². The van der Waals surface area contributed by atoms with E-state index in [2.05, 4.69) is 11.1 Å². The molecule has 10 heteroatoms. The lowest BCUT2D eigenvalue weighted by atomic mass is 10.2. The van der Waals surface area contributed by atoms with Gasteiger partial charge in [0.25, 0.3) is 0 Å². The zero-order valence-electron chi connectivity index (χ0n) is 15.2. The Morgan fingerprint density at radius 2 is 1.93 bits per heavy atom. The van der Waals surface area contributed by atoms with Crippen LogP contribution in [0, 0.1) is 11.3 Å². The fourth-order valence-corrected chi connectivity index (χ4v) is 5.12. The highest BCUT2D eigenvalue weighted by atomic mass is 32.2. The van der Waals surface area contributed by atoms with Crippen molar-refractivity contribution in [2.45, 2.75) is 40.9 Å². The number of hydrogen-bond donors (Lipinski definition) is 1. The van der Waals surface area contributed by atoms with Crippen molar-refractivity contribution in [2.75, 3.05) is 4.90 Å². The molecule has 2 N–H and O–H groups in total. The number of aryl methyl sites for hydroxylation is 2. The van der Waals surface area contributed by atoms with Crippen molar-refractivity contribution in [1.82, 2.24) is 4.98 Å². The van der Waals surface area contributed by atoms with Gasteiger partial charge in [-0.3, -0.25) is 9.59 Å². The average Bonchev–Trinajstić information content (AvgIpc) is 3.24. The molecule has 2 heterocycles. The van der Waals surface area contributed by atoms with Crippen LogP contribution < -0.4 is 10.0 Å². The molecule has 0 bridgehead atoms. The molecule has 1 aliphatic heterocycles. The maximum absolute atomic E-state index is 12.9. The van der Waals surface area contributed by atoms with Gasteiger partial charge in [0.2, 0.25) is 21.8 Å². The van der Waals surface area contributed by atoms with Crippen molar-refractivity contribution in [3.63, 3.8) is 0 Å². The first-order valence-corrected chi connectivity index (χ1v) is 11.3. The lowest BCUT2D eigenvalue weighted by Crippen LogP contribution is -2.31. The number of fused-ring (bicyclic) bond motifs is 1. The average molecular weight is 428 g/mol. The number of sulfonamides is 1. The van der Waals surface area contributed by atoms with E-state index in [9.17, 15) is 23.3 Å². The molecule has 0 saturated carbocycles. The first-order valence-electron chi connectivity index (χ1n) is 8.87. The van der Waals surface area contributed by atoms with E-state index in [1.54, 1.807) is 0 Å². The molecule has 1 aromatic heterocycles. The molecule has 4 rings (SSSR count). The van der Waals surface area contributed by atoms with Gasteiger partial charge in [0.1, 0.15) is 11.1 Å². The molecule has 1 unspecified atom stereocenters. The summed E-state index contributed by atoms with van der Waals surface area (Å²) in [5, 5.41) is 14.3. The van der Waals surface area contributed by atoms with Crippen molar-refractivity contribution in [3.8, 4) is 6.07 Å². The molecule has 1 atom stereocenters. The number of nitrogens with two attached hydrogens (primary N) is 1. The summed E-state index contributed by atoms with van der Waals surface area (Å²) in [5.74, 6) is -0.815. The Labute approximate surface area is 171 Å². The lowest BCUT2D eigenvalue weighted by molar-refractivity contribution is -0.121. The first-order chi connectivity index (χ1) is 13.8. The second kappa shape index (κ2) is 7.26. The van der Waals surface area contributed by atoms with Crippen molar-refractivity contribution in [2.24, 2.45) is 5.14 Å². The van der Waals surface area contributed by atoms with E-state index >= 15 is 0 Å². The summed E-state index contributed by atoms with van der Waals surface area (Å²) in [6.07, 6.45) is 2.70. The van der Waals surface area contributed by atoms with Crippen LogP contribution in [0.2, 0.25) is 0 Å². The number of amides is 2. The highest BCUT2D eigenvalue weighted by Gasteiger charge is 2.41. The van der Waals surface area contributed by atoms with Crippen molar-refractivity contribution in [3.05, 3.63) is 47.2 Å². The van der Waals surface area contributed by atoms with Crippen molar-refractivity contribution in [1.29, 1.82) is 5.26 Å². The zero-order valence-corrected chi connectivity index (χ0v) is 16.8. The van der Waals surface area contributed by atoms with E-state index in [4.69, 9.17) is 5.14 Å². The monoisotopic (exact) mass is 428 g/mol. The second-order valence-electron chi connectivity index (χ2n) is 6.83. The van der Waals surface area contributed by atoms with E-state index in [0.717, 1.165) is 47.2 Å². The second-order valence-corrected chi connectivity index (χ2v) is 9.58. The summed E-state index contributed by atoms with van der Waals surface area (Å²) in [6.45, 7) is 0. The van der Waals surface area contributed by atoms with Crippen LogP contribution in [0.3, 0.4) is 0 Å². The van der Waals surface area contributed by atoms with Gasteiger partial charge in [-0.1, -0.05) is 11.8 Å². The van der Waals surface area contributed by atoms with Gasteiger partial charge in [0.15, 0.2) is 0 Å². The Morgan fingerprint density at radius 3 is 2.59 bits per heavy atom. The van der Waals surface area contributed by atoms with Gasteiger partial charge in [0.05, 0.1) is 21.4 Å². The number of carbonyl (C=O) groups excluding carboxylic acids is 2. The fraction of sp³-hybridized carbons (Fsp3) is 0.263. The van der Waals surface area contributed by atoms with E-state index in [1.807, 2.05) is 6.07 Å². The largest absolute Gasteiger partial charge is 0.274 e. The molecule has 8 nitrogen and oxygen atoms in total. The quantitative estimate of drug-likeness (QED) is 0.730. The van der Waals surface area contributed by atoms with Crippen LogP contribution in [0.15, 0.2) is 40.3 Å². The topological polar surface area (TPSA) is 134 Å². The summed E-state index contributed by atoms with van der Waals surface area (Å²) in [7, 11) is -3.87. The predicted molar refractivity (Wildman–Crippen MR) is 106 cm³/mol. The van der Waals surface area contributed by atoms with Gasteiger partial charge in [-0.25, -0.2) is 23.4 Å². The van der Waals surface area contributed by atoms with Crippen LogP contribution in [0.4, 0.5) is 5.69 Å². The summed E-state index contributed by atoms with van der Waals surface area (Å²) in [5.41, 5.74) is 2.69. The van der Waals surface area contributed by atoms with E-state index in [1.165, 1.54) is 24.3 Å². The van der Waals surface area contributed by atoms with Crippen LogP contribution in [0.25, 0.3) is 0 Å². The third kappa shape index (κ3) is 3.64. The zero-order chi connectivity index (χ0) is 20.8. The van der Waals surface area contributed by atoms with Gasteiger partial charge >= 0.3 is 0 Å². The third-order valence-corrected chi connectivity index (χ3v) is 7.04. The number of aromatic nitrogens is 1. The molecular weight excluding hydrogens is 412 g/mol. The van der Waals surface area contributed by atoms with Gasteiger partial charge < -0.3 is 0 Å². The van der Waals surface area contributed by atoms with Crippen molar-refractivity contribution < 1.29 is 18.0 Å². The fourth-order valence-electron chi connectivity index (χ4n) is 3.51. The number of nitriles is 1. The first kappa shape index (κ1) is 19.6. The van der Waals surface area contributed by atoms with Gasteiger partial charge in [-0.2, -0.15) is 5.26 Å². The number of carbonyl (C=O) groups is 2. The maximum Gasteiger partial charge on any atom is 0.247 e. The number of thioether (sulfide) groups is 1. The van der Waals surface area contributed by atoms with Crippen LogP contribution in [0.5, 0.6) is 0 Å². The Bertz CT molecular complexity index is 1170. The molecule has 2 aliphatic rings. The molecule has 1 aromatic carbocycles. The predicted octanol–water partition coefficient (Wildman–Crippen LogP) is 1.51. The van der Waals surface area contributed by atoms with Crippen LogP contribution in [-0.4, -0.2) is 30.5 Å². The molecule has 2 amide bonds. The van der Waals surface area contributed by atoms with Gasteiger partial charge in [0, 0.05) is 12.1 Å². The smallest absolute Gasteiger partial charge is 0.247 e. The Hall–Kier alpha value is -2.74.